The van der Waals surface area contributed by atoms with Gasteiger partial charge in [-0.2, -0.15) is 17.9 Å². The van der Waals surface area contributed by atoms with E-state index in [0.717, 1.165) is 0 Å². The SMILES string of the molecule is COCCNS(=O)(=O)NC(C)CCCC(=O)O. The number of rotatable bonds is 10. The number of aliphatic carboxylic acids is 1. The maximum absolute atomic E-state index is 11.4. The molecule has 7 nitrogen and oxygen atoms in total. The van der Waals surface area contributed by atoms with Crippen molar-refractivity contribution in [3.63, 3.8) is 0 Å². The summed E-state index contributed by atoms with van der Waals surface area (Å²) in [6, 6.07) is -0.297. The Morgan fingerprint density at radius 3 is 2.65 bits per heavy atom. The zero-order chi connectivity index (χ0) is 13.3. The van der Waals surface area contributed by atoms with Gasteiger partial charge in [0.05, 0.1) is 6.61 Å². The minimum absolute atomic E-state index is 0.0448. The lowest BCUT2D eigenvalue weighted by Crippen LogP contribution is -2.42. The first-order chi connectivity index (χ1) is 7.87. The van der Waals surface area contributed by atoms with Crippen LogP contribution in [-0.2, 0) is 19.7 Å². The van der Waals surface area contributed by atoms with Crippen LogP contribution in [0.2, 0.25) is 0 Å². The van der Waals surface area contributed by atoms with Crippen LogP contribution in [0.1, 0.15) is 26.2 Å². The van der Waals surface area contributed by atoms with E-state index in [0.29, 0.717) is 19.4 Å². The van der Waals surface area contributed by atoms with E-state index < -0.39 is 16.2 Å². The van der Waals surface area contributed by atoms with Crippen LogP contribution in [0.25, 0.3) is 0 Å². The van der Waals surface area contributed by atoms with Crippen molar-refractivity contribution in [1.29, 1.82) is 0 Å². The molecule has 1 atom stereocenters. The molecule has 8 heteroatoms. The third-order valence-corrected chi connectivity index (χ3v) is 3.28. The first-order valence-electron chi connectivity index (χ1n) is 5.35. The fourth-order valence-electron chi connectivity index (χ4n) is 1.20. The zero-order valence-electron chi connectivity index (χ0n) is 10.1. The van der Waals surface area contributed by atoms with E-state index >= 15 is 0 Å². The molecule has 0 amide bonds. The number of hydrogen-bond acceptors (Lipinski definition) is 4. The molecular formula is C9H20N2O5S. The second-order valence-electron chi connectivity index (χ2n) is 3.70. The summed E-state index contributed by atoms with van der Waals surface area (Å²) in [6.07, 6.45) is 0.970. The zero-order valence-corrected chi connectivity index (χ0v) is 10.9. The minimum atomic E-state index is -3.53. The summed E-state index contributed by atoms with van der Waals surface area (Å²) in [5, 5.41) is 8.44. The molecule has 0 heterocycles. The van der Waals surface area contributed by atoms with Crippen molar-refractivity contribution in [1.82, 2.24) is 9.44 Å². The number of carboxylic acid groups (broad SMARTS) is 1. The van der Waals surface area contributed by atoms with Gasteiger partial charge in [-0.3, -0.25) is 4.79 Å². The van der Waals surface area contributed by atoms with Crippen LogP contribution in [-0.4, -0.2) is 45.8 Å². The first-order valence-corrected chi connectivity index (χ1v) is 6.83. The topological polar surface area (TPSA) is 105 Å². The van der Waals surface area contributed by atoms with Crippen LogP contribution < -0.4 is 9.44 Å². The standard InChI is InChI=1S/C9H20N2O5S/c1-8(4-3-5-9(12)13)11-17(14,15)10-6-7-16-2/h8,10-11H,3-7H2,1-2H3,(H,12,13). The van der Waals surface area contributed by atoms with Gasteiger partial charge in [-0.1, -0.05) is 0 Å². The summed E-state index contributed by atoms with van der Waals surface area (Å²) >= 11 is 0. The molecule has 0 aromatic rings. The van der Waals surface area contributed by atoms with Gasteiger partial charge >= 0.3 is 5.97 Å². The van der Waals surface area contributed by atoms with Crippen molar-refractivity contribution >= 4 is 16.2 Å². The third kappa shape index (κ3) is 10.2. The number of methoxy groups -OCH3 is 1. The number of hydrogen-bond donors (Lipinski definition) is 3. The average molecular weight is 268 g/mol. The summed E-state index contributed by atoms with van der Waals surface area (Å²) in [6.45, 7) is 2.19. The van der Waals surface area contributed by atoms with Gasteiger partial charge in [-0.05, 0) is 19.8 Å². The van der Waals surface area contributed by atoms with E-state index in [4.69, 9.17) is 9.84 Å². The summed E-state index contributed by atoms with van der Waals surface area (Å²) in [7, 11) is -2.05. The number of carbonyl (C=O) groups is 1. The van der Waals surface area contributed by atoms with Crippen LogP contribution in [0.15, 0.2) is 0 Å². The maximum atomic E-state index is 11.4. The van der Waals surface area contributed by atoms with E-state index in [1.807, 2.05) is 0 Å². The van der Waals surface area contributed by atoms with E-state index in [1.165, 1.54) is 7.11 Å². The fraction of sp³-hybridized carbons (Fsp3) is 0.889. The van der Waals surface area contributed by atoms with Crippen LogP contribution in [0.4, 0.5) is 0 Å². The van der Waals surface area contributed by atoms with Gasteiger partial charge in [0.2, 0.25) is 0 Å². The monoisotopic (exact) mass is 268 g/mol. The van der Waals surface area contributed by atoms with E-state index in [9.17, 15) is 13.2 Å². The van der Waals surface area contributed by atoms with Crippen molar-refractivity contribution < 1.29 is 23.1 Å². The molecule has 0 bridgehead atoms. The molecular weight excluding hydrogens is 248 g/mol. The Bertz CT molecular complexity index is 317. The molecule has 0 aliphatic rings. The molecule has 102 valence electrons. The highest BCUT2D eigenvalue weighted by Gasteiger charge is 2.13. The van der Waals surface area contributed by atoms with Crippen molar-refractivity contribution in [2.45, 2.75) is 32.2 Å². The molecule has 1 unspecified atom stereocenters. The van der Waals surface area contributed by atoms with Crippen molar-refractivity contribution in [3.8, 4) is 0 Å². The van der Waals surface area contributed by atoms with Gasteiger partial charge in [-0.15, -0.1) is 0 Å². The Hall–Kier alpha value is -0.700. The van der Waals surface area contributed by atoms with Gasteiger partial charge < -0.3 is 9.84 Å². The summed E-state index contributed by atoms with van der Waals surface area (Å²) < 4.78 is 32.3. The maximum Gasteiger partial charge on any atom is 0.303 e. The van der Waals surface area contributed by atoms with Crippen molar-refractivity contribution in [2.75, 3.05) is 20.3 Å². The van der Waals surface area contributed by atoms with Gasteiger partial charge in [0.1, 0.15) is 0 Å². The predicted molar refractivity (Wildman–Crippen MR) is 62.9 cm³/mol. The Morgan fingerprint density at radius 1 is 1.47 bits per heavy atom. The van der Waals surface area contributed by atoms with Crippen LogP contribution in [0, 0.1) is 0 Å². The fourth-order valence-corrected chi connectivity index (χ4v) is 2.29. The predicted octanol–water partition coefficient (Wildman–Crippen LogP) is -0.300. The molecule has 0 aromatic carbocycles. The lowest BCUT2D eigenvalue weighted by Gasteiger charge is -2.14. The molecule has 0 rings (SSSR count). The minimum Gasteiger partial charge on any atom is -0.481 e. The summed E-state index contributed by atoms with van der Waals surface area (Å²) in [4.78, 5) is 10.3. The number of ether oxygens (including phenoxy) is 1. The molecule has 0 saturated carbocycles. The second-order valence-corrected chi connectivity index (χ2v) is 5.23. The highest BCUT2D eigenvalue weighted by molar-refractivity contribution is 7.87. The molecule has 3 N–H and O–H groups in total. The third-order valence-electron chi connectivity index (χ3n) is 1.98. The van der Waals surface area contributed by atoms with Gasteiger partial charge in [0, 0.05) is 26.1 Å². The second kappa shape index (κ2) is 8.40. The van der Waals surface area contributed by atoms with Crippen LogP contribution in [0.5, 0.6) is 0 Å². The smallest absolute Gasteiger partial charge is 0.303 e. The molecule has 0 saturated heterocycles. The van der Waals surface area contributed by atoms with Gasteiger partial charge in [-0.25, -0.2) is 0 Å². The Labute approximate surface area is 102 Å². The summed E-state index contributed by atoms with van der Waals surface area (Å²) in [5.41, 5.74) is 0. The molecule has 0 aromatic heterocycles. The normalized spacial score (nSPS) is 13.5. The van der Waals surface area contributed by atoms with Crippen LogP contribution >= 0.6 is 0 Å². The lowest BCUT2D eigenvalue weighted by molar-refractivity contribution is -0.137. The van der Waals surface area contributed by atoms with Gasteiger partial charge in [0.15, 0.2) is 0 Å². The Balaban J connectivity index is 3.84. The highest BCUT2D eigenvalue weighted by atomic mass is 32.2. The summed E-state index contributed by atoms with van der Waals surface area (Å²) in [5.74, 6) is -0.877. The van der Waals surface area contributed by atoms with Crippen LogP contribution in [0.3, 0.4) is 0 Å². The molecule has 0 spiro atoms. The Kier molecular flexibility index (Phi) is 8.05. The molecule has 0 radical (unpaired) electrons. The van der Waals surface area contributed by atoms with Gasteiger partial charge in [0.25, 0.3) is 10.2 Å². The average Bonchev–Trinajstić information content (AvgIpc) is 2.16. The van der Waals surface area contributed by atoms with E-state index in [2.05, 4.69) is 9.44 Å². The van der Waals surface area contributed by atoms with Crippen molar-refractivity contribution in [3.05, 3.63) is 0 Å². The first kappa shape index (κ1) is 16.3. The lowest BCUT2D eigenvalue weighted by atomic mass is 10.1. The molecule has 17 heavy (non-hydrogen) atoms. The quantitative estimate of drug-likeness (QED) is 0.472. The molecule has 0 fully saturated rings. The van der Waals surface area contributed by atoms with E-state index in [1.54, 1.807) is 6.92 Å². The highest BCUT2D eigenvalue weighted by Crippen LogP contribution is 2.01. The Morgan fingerprint density at radius 2 is 2.12 bits per heavy atom. The number of nitrogens with one attached hydrogen (secondary N) is 2. The molecule has 0 aliphatic carbocycles. The molecule has 0 aliphatic heterocycles. The van der Waals surface area contributed by atoms with Crippen molar-refractivity contribution in [2.24, 2.45) is 0 Å². The van der Waals surface area contributed by atoms with E-state index in [-0.39, 0.29) is 19.0 Å². The number of carboxylic acids is 1. The largest absolute Gasteiger partial charge is 0.481 e.